The van der Waals surface area contributed by atoms with Gasteiger partial charge in [0.15, 0.2) is 5.13 Å². The summed E-state index contributed by atoms with van der Waals surface area (Å²) in [5.74, 6) is 0.947. The minimum atomic E-state index is 0.0191. The van der Waals surface area contributed by atoms with Crippen LogP contribution in [0, 0.1) is 0 Å². The number of hydrogen-bond donors (Lipinski definition) is 1. The van der Waals surface area contributed by atoms with Crippen molar-refractivity contribution in [1.82, 2.24) is 9.88 Å². The van der Waals surface area contributed by atoms with E-state index in [4.69, 9.17) is 4.74 Å². The molecule has 6 heteroatoms. The molecule has 1 aliphatic heterocycles. The fraction of sp³-hybridized carbons (Fsp3) is 0.412. The third kappa shape index (κ3) is 3.89. The number of thiazole rings is 1. The largest absolute Gasteiger partial charge is 0.496 e. The average Bonchev–Trinajstić information content (AvgIpc) is 3.24. The maximum Gasteiger partial charge on any atom is 0.227 e. The number of hydrogen-bond acceptors (Lipinski definition) is 5. The first-order chi connectivity index (χ1) is 11.3. The number of rotatable bonds is 6. The number of benzene rings is 1. The highest BCUT2D eigenvalue weighted by atomic mass is 32.1. The summed E-state index contributed by atoms with van der Waals surface area (Å²) in [6, 6.07) is 8.49. The van der Waals surface area contributed by atoms with Crippen molar-refractivity contribution in [3.63, 3.8) is 0 Å². The highest BCUT2D eigenvalue weighted by molar-refractivity contribution is 7.13. The quantitative estimate of drug-likeness (QED) is 0.882. The van der Waals surface area contributed by atoms with Gasteiger partial charge in [0.1, 0.15) is 5.75 Å². The van der Waals surface area contributed by atoms with Crippen molar-refractivity contribution in [3.8, 4) is 5.75 Å². The molecule has 1 aliphatic rings. The maximum atomic E-state index is 12.0. The molecule has 2 heterocycles. The van der Waals surface area contributed by atoms with E-state index in [0.29, 0.717) is 17.6 Å². The van der Waals surface area contributed by atoms with Crippen LogP contribution >= 0.6 is 11.3 Å². The summed E-state index contributed by atoms with van der Waals surface area (Å²) >= 11 is 1.44. The molecule has 23 heavy (non-hydrogen) atoms. The van der Waals surface area contributed by atoms with Crippen LogP contribution in [0.25, 0.3) is 0 Å². The van der Waals surface area contributed by atoms with Gasteiger partial charge in [0.25, 0.3) is 0 Å². The Balaban J connectivity index is 1.60. The van der Waals surface area contributed by atoms with E-state index in [1.165, 1.54) is 16.9 Å². The monoisotopic (exact) mass is 331 g/mol. The van der Waals surface area contributed by atoms with E-state index in [9.17, 15) is 4.79 Å². The lowest BCUT2D eigenvalue weighted by molar-refractivity contribution is -0.116. The number of carbonyl (C=O) groups excluding carboxylic acids is 1. The highest BCUT2D eigenvalue weighted by Crippen LogP contribution is 2.36. The summed E-state index contributed by atoms with van der Waals surface area (Å²) in [5, 5.41) is 5.36. The zero-order valence-electron chi connectivity index (χ0n) is 13.2. The Labute approximate surface area is 140 Å². The van der Waals surface area contributed by atoms with Gasteiger partial charge < -0.3 is 10.1 Å². The van der Waals surface area contributed by atoms with Crippen molar-refractivity contribution in [1.29, 1.82) is 0 Å². The fourth-order valence-corrected chi connectivity index (χ4v) is 3.64. The molecule has 1 N–H and O–H groups in total. The normalized spacial score (nSPS) is 18.0. The molecule has 1 aromatic heterocycles. The molecule has 0 radical (unpaired) electrons. The third-order valence-electron chi connectivity index (χ3n) is 4.17. The fourth-order valence-electron chi connectivity index (χ4n) is 3.10. The second-order valence-electron chi connectivity index (χ2n) is 5.57. The summed E-state index contributed by atoms with van der Waals surface area (Å²) in [5.41, 5.74) is 1.22. The first-order valence-corrected chi connectivity index (χ1v) is 8.72. The molecular weight excluding hydrogens is 310 g/mol. The van der Waals surface area contributed by atoms with Gasteiger partial charge in [-0.1, -0.05) is 18.2 Å². The average molecular weight is 331 g/mol. The first kappa shape index (κ1) is 16.0. The molecule has 0 saturated carbocycles. The van der Waals surface area contributed by atoms with Gasteiger partial charge in [-0.25, -0.2) is 4.98 Å². The lowest BCUT2D eigenvalue weighted by Crippen LogP contribution is -2.28. The van der Waals surface area contributed by atoms with E-state index in [1.807, 2.05) is 23.6 Å². The summed E-state index contributed by atoms with van der Waals surface area (Å²) in [7, 11) is 1.71. The molecule has 0 unspecified atom stereocenters. The van der Waals surface area contributed by atoms with Crippen molar-refractivity contribution < 1.29 is 9.53 Å². The van der Waals surface area contributed by atoms with Crippen molar-refractivity contribution in [2.75, 3.05) is 25.5 Å². The van der Waals surface area contributed by atoms with Gasteiger partial charge in [0.05, 0.1) is 7.11 Å². The van der Waals surface area contributed by atoms with Gasteiger partial charge in [0, 0.05) is 36.1 Å². The van der Waals surface area contributed by atoms with E-state index in [1.54, 1.807) is 13.3 Å². The number of anilines is 1. The Kier molecular flexibility index (Phi) is 5.25. The van der Waals surface area contributed by atoms with E-state index in [0.717, 1.165) is 31.7 Å². The summed E-state index contributed by atoms with van der Waals surface area (Å²) in [6.07, 6.45) is 4.43. The Morgan fingerprint density at radius 3 is 3.13 bits per heavy atom. The van der Waals surface area contributed by atoms with Crippen LogP contribution in [-0.2, 0) is 4.79 Å². The molecule has 0 bridgehead atoms. The van der Waals surface area contributed by atoms with Gasteiger partial charge in [-0.05, 0) is 25.5 Å². The summed E-state index contributed by atoms with van der Waals surface area (Å²) < 4.78 is 5.49. The number of aromatic nitrogens is 1. The standard InChI is InChI=1S/C17H21N3O2S/c1-22-15-7-3-2-5-13(15)14-6-4-10-20(14)11-8-16(21)19-17-18-9-12-23-17/h2-3,5,7,9,12,14H,4,6,8,10-11H2,1H3,(H,18,19,21)/t14-/m1/s1. The minimum Gasteiger partial charge on any atom is -0.496 e. The van der Waals surface area contributed by atoms with Gasteiger partial charge >= 0.3 is 0 Å². The molecule has 1 atom stereocenters. The van der Waals surface area contributed by atoms with Gasteiger partial charge in [0.2, 0.25) is 5.91 Å². The molecule has 1 fully saturated rings. The lowest BCUT2D eigenvalue weighted by Gasteiger charge is -2.25. The number of likely N-dealkylation sites (tertiary alicyclic amines) is 1. The van der Waals surface area contributed by atoms with Crippen LogP contribution in [0.3, 0.4) is 0 Å². The highest BCUT2D eigenvalue weighted by Gasteiger charge is 2.28. The zero-order chi connectivity index (χ0) is 16.1. The topological polar surface area (TPSA) is 54.5 Å². The van der Waals surface area contributed by atoms with Gasteiger partial charge in [-0.2, -0.15) is 0 Å². The Morgan fingerprint density at radius 2 is 2.35 bits per heavy atom. The van der Waals surface area contributed by atoms with Crippen LogP contribution in [-0.4, -0.2) is 36.0 Å². The number of nitrogens with one attached hydrogen (secondary N) is 1. The molecular formula is C17H21N3O2S. The summed E-state index contributed by atoms with van der Waals surface area (Å²) in [4.78, 5) is 18.5. The number of nitrogens with zero attached hydrogens (tertiary/aromatic N) is 2. The predicted octanol–water partition coefficient (Wildman–Crippen LogP) is 3.32. The molecule has 5 nitrogen and oxygen atoms in total. The second-order valence-corrected chi connectivity index (χ2v) is 6.47. The molecule has 3 rings (SSSR count). The van der Waals surface area contributed by atoms with Crippen molar-refractivity contribution in [3.05, 3.63) is 41.4 Å². The van der Waals surface area contributed by atoms with Crippen LogP contribution in [0.1, 0.15) is 30.9 Å². The molecule has 0 aliphatic carbocycles. The van der Waals surface area contributed by atoms with E-state index in [2.05, 4.69) is 21.3 Å². The van der Waals surface area contributed by atoms with Crippen molar-refractivity contribution in [2.24, 2.45) is 0 Å². The zero-order valence-corrected chi connectivity index (χ0v) is 14.0. The number of ether oxygens (including phenoxy) is 1. The second kappa shape index (κ2) is 7.57. The maximum absolute atomic E-state index is 12.0. The first-order valence-electron chi connectivity index (χ1n) is 7.84. The van der Waals surface area contributed by atoms with E-state index < -0.39 is 0 Å². The molecule has 122 valence electrons. The molecule has 1 saturated heterocycles. The number of amides is 1. The van der Waals surface area contributed by atoms with Gasteiger partial charge in [-0.3, -0.25) is 9.69 Å². The van der Waals surface area contributed by atoms with Crippen LogP contribution in [0.2, 0.25) is 0 Å². The number of para-hydroxylation sites is 1. The summed E-state index contributed by atoms with van der Waals surface area (Å²) in [6.45, 7) is 1.77. The number of carbonyl (C=O) groups is 1. The van der Waals surface area contributed by atoms with Crippen LogP contribution in [0.4, 0.5) is 5.13 Å². The SMILES string of the molecule is COc1ccccc1[C@H]1CCCN1CCC(=O)Nc1nccs1. The third-order valence-corrected chi connectivity index (χ3v) is 4.85. The van der Waals surface area contributed by atoms with Crippen LogP contribution in [0.5, 0.6) is 5.75 Å². The minimum absolute atomic E-state index is 0.0191. The molecule has 2 aromatic rings. The van der Waals surface area contributed by atoms with Crippen LogP contribution in [0.15, 0.2) is 35.8 Å². The Bertz CT molecular complexity index is 645. The van der Waals surface area contributed by atoms with Crippen molar-refractivity contribution >= 4 is 22.4 Å². The smallest absolute Gasteiger partial charge is 0.227 e. The van der Waals surface area contributed by atoms with Crippen molar-refractivity contribution in [2.45, 2.75) is 25.3 Å². The lowest BCUT2D eigenvalue weighted by atomic mass is 10.0. The molecule has 0 spiro atoms. The molecule has 1 aromatic carbocycles. The van der Waals surface area contributed by atoms with E-state index >= 15 is 0 Å². The predicted molar refractivity (Wildman–Crippen MR) is 91.9 cm³/mol. The molecule has 1 amide bonds. The number of methoxy groups -OCH3 is 1. The van der Waals surface area contributed by atoms with E-state index in [-0.39, 0.29) is 5.91 Å². The van der Waals surface area contributed by atoms with Crippen LogP contribution < -0.4 is 10.1 Å². The van der Waals surface area contributed by atoms with Gasteiger partial charge in [-0.15, -0.1) is 11.3 Å². The Morgan fingerprint density at radius 1 is 1.48 bits per heavy atom. The Hall–Kier alpha value is -1.92.